The highest BCUT2D eigenvalue weighted by molar-refractivity contribution is 7.88. The quantitative estimate of drug-likeness (QED) is 0.874. The maximum atomic E-state index is 12.4. The van der Waals surface area contributed by atoms with Crippen molar-refractivity contribution in [2.24, 2.45) is 11.1 Å². The summed E-state index contributed by atoms with van der Waals surface area (Å²) in [5.74, 6) is -0.179. The zero-order valence-electron chi connectivity index (χ0n) is 12.5. The van der Waals surface area contributed by atoms with Gasteiger partial charge in [0.2, 0.25) is 10.0 Å². The van der Waals surface area contributed by atoms with E-state index in [0.717, 1.165) is 5.39 Å². The van der Waals surface area contributed by atoms with E-state index in [1.54, 1.807) is 19.2 Å². The average Bonchev–Trinajstić information content (AvgIpc) is 2.81. The Kier molecular flexibility index (Phi) is 4.36. The standard InChI is InChI=1S/C14H21N3O3S/c1-14(2,9-15)10-17(3)21(18,19)8-12-11-6-4-5-7-13(11)20-16-12/h4-7H,8-10,15H2,1-3H3. The zero-order chi connectivity index (χ0) is 15.7. The van der Waals surface area contributed by atoms with Gasteiger partial charge in [-0.3, -0.25) is 0 Å². The molecule has 2 aromatic rings. The van der Waals surface area contributed by atoms with Crippen LogP contribution < -0.4 is 5.73 Å². The lowest BCUT2D eigenvalue weighted by Crippen LogP contribution is -2.40. The van der Waals surface area contributed by atoms with Crippen molar-refractivity contribution in [1.29, 1.82) is 0 Å². The fourth-order valence-electron chi connectivity index (χ4n) is 2.09. The largest absolute Gasteiger partial charge is 0.356 e. The molecule has 0 spiro atoms. The molecule has 0 aliphatic rings. The summed E-state index contributed by atoms with van der Waals surface area (Å²) in [6.45, 7) is 4.65. The van der Waals surface area contributed by atoms with Crippen LogP contribution in [0.1, 0.15) is 19.5 Å². The summed E-state index contributed by atoms with van der Waals surface area (Å²) in [6, 6.07) is 7.22. The van der Waals surface area contributed by atoms with Gasteiger partial charge in [-0.2, -0.15) is 0 Å². The van der Waals surface area contributed by atoms with Gasteiger partial charge in [0.15, 0.2) is 5.58 Å². The lowest BCUT2D eigenvalue weighted by molar-refractivity contribution is 0.291. The number of sulfonamides is 1. The molecule has 0 radical (unpaired) electrons. The fourth-order valence-corrected chi connectivity index (χ4v) is 3.41. The van der Waals surface area contributed by atoms with Crippen molar-refractivity contribution in [1.82, 2.24) is 9.46 Å². The lowest BCUT2D eigenvalue weighted by Gasteiger charge is -2.28. The normalized spacial score (nSPS) is 13.2. The minimum absolute atomic E-state index is 0.179. The van der Waals surface area contributed by atoms with Crippen molar-refractivity contribution in [2.45, 2.75) is 19.6 Å². The molecule has 7 heteroatoms. The van der Waals surface area contributed by atoms with E-state index in [1.807, 2.05) is 26.0 Å². The third-order valence-electron chi connectivity index (χ3n) is 3.45. The SMILES string of the molecule is CN(CC(C)(C)CN)S(=O)(=O)Cc1noc2ccccc12. The minimum atomic E-state index is -3.46. The van der Waals surface area contributed by atoms with E-state index in [0.29, 0.717) is 24.4 Å². The Bertz CT molecular complexity index is 722. The number of aromatic nitrogens is 1. The molecular weight excluding hydrogens is 290 g/mol. The van der Waals surface area contributed by atoms with Crippen molar-refractivity contribution >= 4 is 21.0 Å². The first-order valence-corrected chi connectivity index (χ1v) is 8.33. The summed E-state index contributed by atoms with van der Waals surface area (Å²) in [7, 11) is -1.90. The predicted octanol–water partition coefficient (Wildman–Crippen LogP) is 1.57. The maximum Gasteiger partial charge on any atom is 0.219 e. The molecule has 1 aromatic carbocycles. The van der Waals surface area contributed by atoms with Gasteiger partial charge >= 0.3 is 0 Å². The third kappa shape index (κ3) is 3.61. The second-order valence-electron chi connectivity index (χ2n) is 6.01. The number of para-hydroxylation sites is 1. The first kappa shape index (κ1) is 15.9. The summed E-state index contributed by atoms with van der Waals surface area (Å²) < 4.78 is 31.4. The van der Waals surface area contributed by atoms with Crippen LogP contribution in [-0.4, -0.2) is 38.0 Å². The molecule has 0 fully saturated rings. The molecule has 1 heterocycles. The number of benzene rings is 1. The topological polar surface area (TPSA) is 89.4 Å². The van der Waals surface area contributed by atoms with E-state index < -0.39 is 10.0 Å². The molecule has 0 bridgehead atoms. The monoisotopic (exact) mass is 311 g/mol. The summed E-state index contributed by atoms with van der Waals surface area (Å²) in [5.41, 5.74) is 6.41. The van der Waals surface area contributed by atoms with E-state index >= 15 is 0 Å². The third-order valence-corrected chi connectivity index (χ3v) is 5.17. The van der Waals surface area contributed by atoms with Crippen molar-refractivity contribution in [3.8, 4) is 0 Å². The molecule has 6 nitrogen and oxygen atoms in total. The van der Waals surface area contributed by atoms with Crippen molar-refractivity contribution in [2.75, 3.05) is 20.1 Å². The Hall–Kier alpha value is -1.44. The van der Waals surface area contributed by atoms with Gasteiger partial charge in [0, 0.05) is 19.0 Å². The van der Waals surface area contributed by atoms with E-state index in [-0.39, 0.29) is 11.2 Å². The Labute approximate surface area is 124 Å². The molecule has 2 rings (SSSR count). The second-order valence-corrected chi connectivity index (χ2v) is 8.08. The molecule has 0 atom stereocenters. The second kappa shape index (κ2) is 5.75. The van der Waals surface area contributed by atoms with Crippen LogP contribution in [-0.2, 0) is 15.8 Å². The Morgan fingerprint density at radius 3 is 2.67 bits per heavy atom. The Balaban J connectivity index is 2.21. The fraction of sp³-hybridized carbons (Fsp3) is 0.500. The van der Waals surface area contributed by atoms with Gasteiger partial charge in [-0.1, -0.05) is 31.1 Å². The van der Waals surface area contributed by atoms with Crippen molar-refractivity contribution in [3.63, 3.8) is 0 Å². The van der Waals surface area contributed by atoms with Gasteiger partial charge in [-0.05, 0) is 24.1 Å². The molecule has 116 valence electrons. The van der Waals surface area contributed by atoms with Crippen LogP contribution >= 0.6 is 0 Å². The first-order valence-electron chi connectivity index (χ1n) is 6.72. The van der Waals surface area contributed by atoms with Gasteiger partial charge in [0.05, 0.1) is 0 Å². The van der Waals surface area contributed by atoms with Gasteiger partial charge in [0.25, 0.3) is 0 Å². The lowest BCUT2D eigenvalue weighted by atomic mass is 9.94. The number of nitrogens with two attached hydrogens (primary N) is 1. The van der Waals surface area contributed by atoms with Gasteiger partial charge in [-0.15, -0.1) is 0 Å². The van der Waals surface area contributed by atoms with Crippen LogP contribution in [0.15, 0.2) is 28.8 Å². The number of nitrogens with zero attached hydrogens (tertiary/aromatic N) is 2. The van der Waals surface area contributed by atoms with E-state index in [1.165, 1.54) is 4.31 Å². The molecule has 0 saturated heterocycles. The molecule has 1 aromatic heterocycles. The molecule has 0 aliphatic carbocycles. The summed E-state index contributed by atoms with van der Waals surface area (Å²) in [4.78, 5) is 0. The summed E-state index contributed by atoms with van der Waals surface area (Å²) >= 11 is 0. The van der Waals surface area contributed by atoms with Crippen LogP contribution in [0.2, 0.25) is 0 Å². The Morgan fingerprint density at radius 1 is 1.33 bits per heavy atom. The van der Waals surface area contributed by atoms with Gasteiger partial charge in [-0.25, -0.2) is 12.7 Å². The van der Waals surface area contributed by atoms with Crippen LogP contribution in [0.3, 0.4) is 0 Å². The highest BCUT2D eigenvalue weighted by Gasteiger charge is 2.27. The molecule has 21 heavy (non-hydrogen) atoms. The molecule has 0 unspecified atom stereocenters. The minimum Gasteiger partial charge on any atom is -0.356 e. The number of hydrogen-bond acceptors (Lipinski definition) is 5. The molecule has 0 amide bonds. The highest BCUT2D eigenvalue weighted by atomic mass is 32.2. The van der Waals surface area contributed by atoms with Gasteiger partial charge in [0.1, 0.15) is 11.4 Å². The van der Waals surface area contributed by atoms with E-state index in [4.69, 9.17) is 10.3 Å². The molecule has 0 aliphatic heterocycles. The first-order chi connectivity index (χ1) is 9.75. The summed E-state index contributed by atoms with van der Waals surface area (Å²) in [5, 5.41) is 4.60. The molecule has 0 saturated carbocycles. The maximum absolute atomic E-state index is 12.4. The highest BCUT2D eigenvalue weighted by Crippen LogP contribution is 2.22. The predicted molar refractivity (Wildman–Crippen MR) is 82.1 cm³/mol. The molecule has 2 N–H and O–H groups in total. The van der Waals surface area contributed by atoms with E-state index in [9.17, 15) is 8.42 Å². The smallest absolute Gasteiger partial charge is 0.219 e. The van der Waals surface area contributed by atoms with Crippen molar-refractivity contribution in [3.05, 3.63) is 30.0 Å². The zero-order valence-corrected chi connectivity index (χ0v) is 13.4. The van der Waals surface area contributed by atoms with Crippen molar-refractivity contribution < 1.29 is 12.9 Å². The van der Waals surface area contributed by atoms with Crippen LogP contribution in [0, 0.1) is 5.41 Å². The van der Waals surface area contributed by atoms with Crippen LogP contribution in [0.5, 0.6) is 0 Å². The number of hydrogen-bond donors (Lipinski definition) is 1. The Morgan fingerprint density at radius 2 is 2.00 bits per heavy atom. The molecular formula is C14H21N3O3S. The van der Waals surface area contributed by atoms with Crippen LogP contribution in [0.25, 0.3) is 11.0 Å². The average molecular weight is 311 g/mol. The van der Waals surface area contributed by atoms with Gasteiger partial charge < -0.3 is 10.3 Å². The number of fused-ring (bicyclic) bond motifs is 1. The number of rotatable bonds is 6. The van der Waals surface area contributed by atoms with Crippen LogP contribution in [0.4, 0.5) is 0 Å². The van der Waals surface area contributed by atoms with E-state index in [2.05, 4.69) is 5.16 Å². The summed E-state index contributed by atoms with van der Waals surface area (Å²) in [6.07, 6.45) is 0.